The average molecular weight is 264 g/mol. The highest BCUT2D eigenvalue weighted by molar-refractivity contribution is 5.76. The van der Waals surface area contributed by atoms with Crippen LogP contribution in [0.15, 0.2) is 18.5 Å². The quantitative estimate of drug-likeness (QED) is 0.764. The third-order valence-corrected chi connectivity index (χ3v) is 2.70. The Hall–Kier alpha value is -1.65. The van der Waals surface area contributed by atoms with Crippen LogP contribution in [-0.2, 0) is 16.8 Å². The van der Waals surface area contributed by atoms with Crippen LogP contribution in [0.2, 0.25) is 0 Å². The Labute approximate surface area is 115 Å². The summed E-state index contributed by atoms with van der Waals surface area (Å²) in [6.07, 6.45) is 1.62. The maximum Gasteiger partial charge on any atom is 0.244 e. The van der Waals surface area contributed by atoms with E-state index in [1.807, 2.05) is 34.6 Å². The molecule has 5 nitrogen and oxygen atoms in total. The highest BCUT2D eigenvalue weighted by Crippen LogP contribution is 2.16. The molecule has 106 valence electrons. The van der Waals surface area contributed by atoms with Crippen molar-refractivity contribution in [1.82, 2.24) is 19.7 Å². The zero-order valence-corrected chi connectivity index (χ0v) is 12.6. The van der Waals surface area contributed by atoms with Crippen molar-refractivity contribution < 1.29 is 4.79 Å². The average Bonchev–Trinajstić information content (AvgIpc) is 2.73. The zero-order chi connectivity index (χ0) is 14.6. The van der Waals surface area contributed by atoms with Crippen LogP contribution in [-0.4, -0.2) is 38.7 Å². The molecule has 0 radical (unpaired) electrons. The Morgan fingerprint density at radius 3 is 2.53 bits per heavy atom. The molecule has 0 bridgehead atoms. The fourth-order valence-electron chi connectivity index (χ4n) is 1.66. The Balaban J connectivity index is 2.71. The van der Waals surface area contributed by atoms with Crippen LogP contribution >= 0.6 is 0 Å². The van der Waals surface area contributed by atoms with Crippen molar-refractivity contribution in [2.45, 2.75) is 46.6 Å². The summed E-state index contributed by atoms with van der Waals surface area (Å²) in [4.78, 5) is 18.1. The summed E-state index contributed by atoms with van der Waals surface area (Å²) in [7, 11) is 0. The van der Waals surface area contributed by atoms with E-state index in [-0.39, 0.29) is 17.9 Å². The van der Waals surface area contributed by atoms with Gasteiger partial charge >= 0.3 is 0 Å². The van der Waals surface area contributed by atoms with E-state index < -0.39 is 0 Å². The van der Waals surface area contributed by atoms with E-state index in [1.165, 1.54) is 0 Å². The van der Waals surface area contributed by atoms with Crippen molar-refractivity contribution in [1.29, 1.82) is 0 Å². The summed E-state index contributed by atoms with van der Waals surface area (Å²) in [6.45, 7) is 15.4. The molecule has 1 rings (SSSR count). The summed E-state index contributed by atoms with van der Waals surface area (Å²) < 4.78 is 1.60. The van der Waals surface area contributed by atoms with Crippen LogP contribution in [0.3, 0.4) is 0 Å². The second kappa shape index (κ2) is 5.99. The first-order chi connectivity index (χ1) is 8.74. The molecule has 1 heterocycles. The summed E-state index contributed by atoms with van der Waals surface area (Å²) >= 11 is 0. The SMILES string of the molecule is C=C(C)CN(CC)C(=O)Cn1cnc(C(C)(C)C)n1. The van der Waals surface area contributed by atoms with Gasteiger partial charge in [-0.05, 0) is 13.8 Å². The highest BCUT2D eigenvalue weighted by atomic mass is 16.2. The number of aromatic nitrogens is 3. The van der Waals surface area contributed by atoms with Crippen LogP contribution < -0.4 is 0 Å². The van der Waals surface area contributed by atoms with Gasteiger partial charge in [-0.1, -0.05) is 32.9 Å². The van der Waals surface area contributed by atoms with E-state index >= 15 is 0 Å². The number of carbonyl (C=O) groups excluding carboxylic acids is 1. The molecule has 0 aliphatic heterocycles. The Bertz CT molecular complexity index is 456. The summed E-state index contributed by atoms with van der Waals surface area (Å²) in [5.41, 5.74) is 0.875. The third-order valence-electron chi connectivity index (χ3n) is 2.70. The molecule has 5 heteroatoms. The first kappa shape index (κ1) is 15.4. The van der Waals surface area contributed by atoms with E-state index in [4.69, 9.17) is 0 Å². The molecule has 0 aromatic carbocycles. The second-order valence-electron chi connectivity index (χ2n) is 5.88. The summed E-state index contributed by atoms with van der Waals surface area (Å²) in [5, 5.41) is 4.35. The normalized spacial score (nSPS) is 11.4. The standard InChI is InChI=1S/C14H24N4O/c1-7-17(8-11(2)3)12(19)9-18-10-15-13(16-18)14(4,5)6/h10H,2,7-9H2,1,3-6H3. The molecule has 0 saturated carbocycles. The summed E-state index contributed by atoms with van der Waals surface area (Å²) in [5.74, 6) is 0.791. The van der Waals surface area contributed by atoms with E-state index in [2.05, 4.69) is 16.7 Å². The lowest BCUT2D eigenvalue weighted by molar-refractivity contribution is -0.131. The minimum atomic E-state index is -0.101. The van der Waals surface area contributed by atoms with Gasteiger partial charge in [0.05, 0.1) is 0 Å². The van der Waals surface area contributed by atoms with E-state index in [1.54, 1.807) is 15.9 Å². The second-order valence-corrected chi connectivity index (χ2v) is 5.88. The number of rotatable bonds is 5. The number of nitrogens with zero attached hydrogens (tertiary/aromatic N) is 4. The third kappa shape index (κ3) is 4.50. The highest BCUT2D eigenvalue weighted by Gasteiger charge is 2.20. The molecule has 0 aliphatic carbocycles. The Morgan fingerprint density at radius 2 is 2.11 bits per heavy atom. The number of carbonyl (C=O) groups is 1. The fourth-order valence-corrected chi connectivity index (χ4v) is 1.66. The fraction of sp³-hybridized carbons (Fsp3) is 0.643. The van der Waals surface area contributed by atoms with Gasteiger partial charge in [0.25, 0.3) is 0 Å². The van der Waals surface area contributed by atoms with Crippen molar-refractivity contribution in [2.24, 2.45) is 0 Å². The predicted molar refractivity (Wildman–Crippen MR) is 75.8 cm³/mol. The van der Waals surface area contributed by atoms with E-state index in [0.717, 1.165) is 11.4 Å². The molecular weight excluding hydrogens is 240 g/mol. The minimum Gasteiger partial charge on any atom is -0.337 e. The van der Waals surface area contributed by atoms with Crippen molar-refractivity contribution in [3.8, 4) is 0 Å². The monoisotopic (exact) mass is 264 g/mol. The van der Waals surface area contributed by atoms with Crippen LogP contribution in [0.4, 0.5) is 0 Å². The van der Waals surface area contributed by atoms with Gasteiger partial charge in [0.2, 0.25) is 5.91 Å². The predicted octanol–water partition coefficient (Wildman–Crippen LogP) is 2.00. The maximum atomic E-state index is 12.1. The molecule has 0 N–H and O–H groups in total. The van der Waals surface area contributed by atoms with Gasteiger partial charge in [-0.3, -0.25) is 4.79 Å². The molecule has 19 heavy (non-hydrogen) atoms. The van der Waals surface area contributed by atoms with Crippen molar-refractivity contribution in [2.75, 3.05) is 13.1 Å². The molecule has 0 atom stereocenters. The largest absolute Gasteiger partial charge is 0.337 e. The molecular formula is C14H24N4O. The lowest BCUT2D eigenvalue weighted by atomic mass is 9.96. The van der Waals surface area contributed by atoms with Crippen LogP contribution in [0, 0.1) is 0 Å². The molecule has 0 fully saturated rings. The van der Waals surface area contributed by atoms with Gasteiger partial charge in [-0.25, -0.2) is 9.67 Å². The van der Waals surface area contributed by atoms with Crippen molar-refractivity contribution >= 4 is 5.91 Å². The smallest absolute Gasteiger partial charge is 0.244 e. The van der Waals surface area contributed by atoms with Crippen LogP contribution in [0.5, 0.6) is 0 Å². The van der Waals surface area contributed by atoms with Crippen molar-refractivity contribution in [3.63, 3.8) is 0 Å². The van der Waals surface area contributed by atoms with Gasteiger partial charge in [-0.2, -0.15) is 5.10 Å². The lowest BCUT2D eigenvalue weighted by Gasteiger charge is -2.20. The molecule has 0 saturated heterocycles. The number of likely N-dealkylation sites (N-methyl/N-ethyl adjacent to an activating group) is 1. The van der Waals surface area contributed by atoms with Crippen LogP contribution in [0.1, 0.15) is 40.4 Å². The molecule has 0 aliphatic rings. The van der Waals surface area contributed by atoms with Crippen molar-refractivity contribution in [3.05, 3.63) is 24.3 Å². The number of amides is 1. The zero-order valence-electron chi connectivity index (χ0n) is 12.6. The molecule has 0 spiro atoms. The topological polar surface area (TPSA) is 51.0 Å². The van der Waals surface area contributed by atoms with Gasteiger partial charge in [0.1, 0.15) is 12.9 Å². The first-order valence-corrected chi connectivity index (χ1v) is 6.56. The molecule has 0 unspecified atom stereocenters. The molecule has 1 aromatic heterocycles. The maximum absolute atomic E-state index is 12.1. The molecule has 1 aromatic rings. The number of hydrogen-bond donors (Lipinski definition) is 0. The van der Waals surface area contributed by atoms with Gasteiger partial charge in [-0.15, -0.1) is 0 Å². The lowest BCUT2D eigenvalue weighted by Crippen LogP contribution is -2.35. The Morgan fingerprint density at radius 1 is 1.47 bits per heavy atom. The van der Waals surface area contributed by atoms with Crippen LogP contribution in [0.25, 0.3) is 0 Å². The summed E-state index contributed by atoms with van der Waals surface area (Å²) in [6, 6.07) is 0. The van der Waals surface area contributed by atoms with E-state index in [9.17, 15) is 4.79 Å². The van der Waals surface area contributed by atoms with Gasteiger partial charge in [0.15, 0.2) is 5.82 Å². The van der Waals surface area contributed by atoms with Gasteiger partial charge in [0, 0.05) is 18.5 Å². The van der Waals surface area contributed by atoms with E-state index in [0.29, 0.717) is 13.1 Å². The first-order valence-electron chi connectivity index (χ1n) is 6.56. The molecule has 1 amide bonds. The minimum absolute atomic E-state index is 0.0378. The number of hydrogen-bond acceptors (Lipinski definition) is 3. The Kier molecular flexibility index (Phi) is 4.86. The van der Waals surface area contributed by atoms with Gasteiger partial charge < -0.3 is 4.90 Å².